The Bertz CT molecular complexity index is 1170. The predicted octanol–water partition coefficient (Wildman–Crippen LogP) is 1.19. The Morgan fingerprint density at radius 2 is 2.16 bits per heavy atom. The minimum Gasteiger partial charge on any atom is -0.365 e. The zero-order chi connectivity index (χ0) is 22.1. The number of pyridine rings is 1. The molecule has 31 heavy (non-hydrogen) atoms. The second-order valence-corrected chi connectivity index (χ2v) is 7.78. The first kappa shape index (κ1) is 21.0. The van der Waals surface area contributed by atoms with Crippen LogP contribution in [0.3, 0.4) is 0 Å². The fraction of sp³-hybridized carbons (Fsp3) is 0.429. The van der Waals surface area contributed by atoms with Crippen molar-refractivity contribution in [2.75, 3.05) is 31.6 Å². The Hall–Kier alpha value is -3.27. The molecule has 3 aromatic rings. The molecule has 1 unspecified atom stereocenters. The van der Waals surface area contributed by atoms with Crippen molar-refractivity contribution in [2.45, 2.75) is 32.9 Å². The summed E-state index contributed by atoms with van der Waals surface area (Å²) in [6.07, 6.45) is 2.42. The lowest BCUT2D eigenvalue weighted by Gasteiger charge is -2.40. The van der Waals surface area contributed by atoms with Gasteiger partial charge in [-0.1, -0.05) is 6.92 Å². The van der Waals surface area contributed by atoms with E-state index in [2.05, 4.69) is 32.2 Å². The van der Waals surface area contributed by atoms with Gasteiger partial charge < -0.3 is 15.2 Å². The second-order valence-electron chi connectivity index (χ2n) is 7.78. The first-order valence-electron chi connectivity index (χ1n) is 10.4. The number of halogens is 1. The number of hydrogen-bond donors (Lipinski definition) is 2. The summed E-state index contributed by atoms with van der Waals surface area (Å²) in [6, 6.07) is 5.19. The lowest BCUT2D eigenvalue weighted by molar-refractivity contribution is 0.0957. The summed E-state index contributed by atoms with van der Waals surface area (Å²) in [5, 5.41) is 7.05. The minimum atomic E-state index is -0.641. The topological polar surface area (TPSA) is 98.6 Å². The van der Waals surface area contributed by atoms with Crippen molar-refractivity contribution in [3.63, 3.8) is 0 Å². The molecule has 3 aromatic heterocycles. The van der Waals surface area contributed by atoms with Crippen LogP contribution in [-0.2, 0) is 13.0 Å². The number of aromatic amines is 1. The molecule has 9 nitrogen and oxygen atoms in total. The van der Waals surface area contributed by atoms with Crippen molar-refractivity contribution in [2.24, 2.45) is 0 Å². The van der Waals surface area contributed by atoms with Crippen LogP contribution in [0.5, 0.6) is 0 Å². The Balaban J connectivity index is 1.46. The van der Waals surface area contributed by atoms with Gasteiger partial charge in [0.2, 0.25) is 5.95 Å². The monoisotopic (exact) mass is 427 g/mol. The van der Waals surface area contributed by atoms with E-state index in [0.29, 0.717) is 43.0 Å². The van der Waals surface area contributed by atoms with Crippen LogP contribution in [0, 0.1) is 5.95 Å². The fourth-order valence-corrected chi connectivity index (χ4v) is 3.94. The van der Waals surface area contributed by atoms with Crippen molar-refractivity contribution in [1.29, 1.82) is 0 Å². The number of fused-ring (bicyclic) bond motifs is 1. The summed E-state index contributed by atoms with van der Waals surface area (Å²) in [5.74, 6) is -1.05. The van der Waals surface area contributed by atoms with E-state index < -0.39 is 11.9 Å². The molecule has 0 aromatic carbocycles. The molecule has 4 heterocycles. The van der Waals surface area contributed by atoms with Gasteiger partial charge in [-0.15, -0.1) is 0 Å². The normalized spacial score (nSPS) is 17.3. The van der Waals surface area contributed by atoms with Crippen molar-refractivity contribution in [3.8, 4) is 0 Å². The highest BCUT2D eigenvalue weighted by atomic mass is 19.1. The third kappa shape index (κ3) is 4.15. The first-order valence-corrected chi connectivity index (χ1v) is 10.4. The van der Waals surface area contributed by atoms with E-state index in [4.69, 9.17) is 0 Å². The summed E-state index contributed by atoms with van der Waals surface area (Å²) >= 11 is 0. The van der Waals surface area contributed by atoms with E-state index in [-0.39, 0.29) is 17.3 Å². The van der Waals surface area contributed by atoms with Gasteiger partial charge in [-0.05, 0) is 25.5 Å². The molecule has 0 spiro atoms. The zero-order valence-corrected chi connectivity index (χ0v) is 17.9. The SMILES string of the molecule is CCc1cn2nc(CN3CCN(c4ccc(C(=O)NC)nc4F)CC3C)cc2[nH]c1=O. The molecule has 0 saturated carbocycles. The van der Waals surface area contributed by atoms with Gasteiger partial charge in [0.1, 0.15) is 11.3 Å². The van der Waals surface area contributed by atoms with Gasteiger partial charge in [0.05, 0.1) is 11.4 Å². The lowest BCUT2D eigenvalue weighted by Crippen LogP contribution is -2.51. The number of anilines is 1. The number of rotatable bonds is 5. The van der Waals surface area contributed by atoms with Crippen LogP contribution in [0.25, 0.3) is 5.65 Å². The summed E-state index contributed by atoms with van der Waals surface area (Å²) in [6.45, 7) is 6.64. The Kier molecular flexibility index (Phi) is 5.73. The molecule has 164 valence electrons. The zero-order valence-electron chi connectivity index (χ0n) is 17.9. The molecule has 0 radical (unpaired) electrons. The van der Waals surface area contributed by atoms with Gasteiger partial charge >= 0.3 is 0 Å². The van der Waals surface area contributed by atoms with Crippen LogP contribution in [-0.4, -0.2) is 63.1 Å². The number of carbonyl (C=O) groups is 1. The Labute approximate surface area is 178 Å². The van der Waals surface area contributed by atoms with Crippen molar-refractivity contribution in [3.05, 3.63) is 57.6 Å². The average Bonchev–Trinajstić information content (AvgIpc) is 3.14. The van der Waals surface area contributed by atoms with Crippen LogP contribution in [0.1, 0.15) is 35.6 Å². The second kappa shape index (κ2) is 8.46. The maximum Gasteiger partial charge on any atom is 0.269 e. The van der Waals surface area contributed by atoms with Gasteiger partial charge in [0, 0.05) is 57.1 Å². The number of nitrogens with one attached hydrogen (secondary N) is 2. The number of aromatic nitrogens is 4. The van der Waals surface area contributed by atoms with E-state index in [9.17, 15) is 14.0 Å². The number of carbonyl (C=O) groups excluding carboxylic acids is 1. The van der Waals surface area contributed by atoms with Gasteiger partial charge in [-0.2, -0.15) is 9.49 Å². The number of amides is 1. The van der Waals surface area contributed by atoms with Crippen molar-refractivity contribution in [1.82, 2.24) is 29.8 Å². The molecule has 1 saturated heterocycles. The highest BCUT2D eigenvalue weighted by Gasteiger charge is 2.27. The van der Waals surface area contributed by atoms with Gasteiger partial charge in [0.25, 0.3) is 11.5 Å². The molecule has 10 heteroatoms. The number of aryl methyl sites for hydroxylation is 1. The van der Waals surface area contributed by atoms with Crippen LogP contribution in [0.4, 0.5) is 10.1 Å². The molecule has 0 aliphatic carbocycles. The number of H-pyrrole nitrogens is 1. The molecule has 0 bridgehead atoms. The minimum absolute atomic E-state index is 0.0616. The average molecular weight is 427 g/mol. The van der Waals surface area contributed by atoms with Gasteiger partial charge in [0.15, 0.2) is 0 Å². The van der Waals surface area contributed by atoms with E-state index in [1.54, 1.807) is 16.8 Å². The molecule has 4 rings (SSSR count). The maximum absolute atomic E-state index is 14.5. The van der Waals surface area contributed by atoms with Crippen molar-refractivity contribution >= 4 is 17.2 Å². The third-order valence-corrected chi connectivity index (χ3v) is 5.74. The highest BCUT2D eigenvalue weighted by Crippen LogP contribution is 2.23. The van der Waals surface area contributed by atoms with E-state index in [0.717, 1.165) is 12.2 Å². The summed E-state index contributed by atoms with van der Waals surface area (Å²) < 4.78 is 16.2. The molecule has 1 fully saturated rings. The summed E-state index contributed by atoms with van der Waals surface area (Å²) in [4.78, 5) is 34.6. The first-order chi connectivity index (χ1) is 14.9. The van der Waals surface area contributed by atoms with E-state index in [1.165, 1.54) is 13.1 Å². The van der Waals surface area contributed by atoms with Crippen LogP contribution in [0.2, 0.25) is 0 Å². The maximum atomic E-state index is 14.5. The molecule has 1 aliphatic rings. The molecule has 2 N–H and O–H groups in total. The van der Waals surface area contributed by atoms with Gasteiger partial charge in [-0.3, -0.25) is 14.5 Å². The number of hydrogen-bond acceptors (Lipinski definition) is 6. The fourth-order valence-electron chi connectivity index (χ4n) is 3.94. The van der Waals surface area contributed by atoms with Crippen LogP contribution >= 0.6 is 0 Å². The largest absolute Gasteiger partial charge is 0.365 e. The number of nitrogens with zero attached hydrogens (tertiary/aromatic N) is 5. The highest BCUT2D eigenvalue weighted by molar-refractivity contribution is 5.92. The Morgan fingerprint density at radius 3 is 2.84 bits per heavy atom. The summed E-state index contributed by atoms with van der Waals surface area (Å²) in [7, 11) is 1.49. The quantitative estimate of drug-likeness (QED) is 0.594. The van der Waals surface area contributed by atoms with Crippen LogP contribution < -0.4 is 15.8 Å². The van der Waals surface area contributed by atoms with Crippen LogP contribution in [0.15, 0.2) is 29.2 Å². The molecular weight excluding hydrogens is 401 g/mol. The van der Waals surface area contributed by atoms with E-state index >= 15 is 0 Å². The summed E-state index contributed by atoms with van der Waals surface area (Å²) in [5.41, 5.74) is 2.62. The lowest BCUT2D eigenvalue weighted by atomic mass is 10.1. The molecule has 1 atom stereocenters. The smallest absolute Gasteiger partial charge is 0.269 e. The van der Waals surface area contributed by atoms with Crippen molar-refractivity contribution < 1.29 is 9.18 Å². The predicted molar refractivity (Wildman–Crippen MR) is 115 cm³/mol. The number of piperazine rings is 1. The molecule has 1 aliphatic heterocycles. The standard InChI is InChI=1S/C21H26FN7O2/c1-4-14-11-29-18(25-20(14)30)9-15(26-29)12-27-7-8-28(10-13(27)2)17-6-5-16(21(31)23-3)24-19(17)22/h5-6,9,11,13H,4,7-8,10,12H2,1-3H3,(H,23,31)(H,25,30). The molecular formula is C21H26FN7O2. The Morgan fingerprint density at radius 1 is 1.35 bits per heavy atom. The van der Waals surface area contributed by atoms with Gasteiger partial charge in [-0.25, -0.2) is 9.50 Å². The van der Waals surface area contributed by atoms with E-state index in [1.807, 2.05) is 17.9 Å². The third-order valence-electron chi connectivity index (χ3n) is 5.74. The molecule has 1 amide bonds.